The third-order valence-corrected chi connectivity index (χ3v) is 4.37. The van der Waals surface area contributed by atoms with Crippen LogP contribution >= 0.6 is 31.9 Å². The van der Waals surface area contributed by atoms with Gasteiger partial charge in [-0.25, -0.2) is 0 Å². The van der Waals surface area contributed by atoms with E-state index in [4.69, 9.17) is 4.74 Å². The molecule has 0 aliphatic rings. The van der Waals surface area contributed by atoms with Gasteiger partial charge in [-0.05, 0) is 42.2 Å². The maximum absolute atomic E-state index is 6.14. The Hall–Kier alpha value is -0.800. The largest absolute Gasteiger partial charge is 0.457 e. The molecule has 0 N–H and O–H groups in total. The van der Waals surface area contributed by atoms with E-state index in [0.717, 1.165) is 32.4 Å². The standard InChI is InChI=1S/C17H18Br2O/c1-11(2)13-5-4-12(3)16(8-13)20-17-9-15(19)7-6-14(17)10-18/h4-9,11H,10H2,1-3H3. The minimum absolute atomic E-state index is 0.496. The van der Waals surface area contributed by atoms with Crippen LogP contribution in [0.4, 0.5) is 0 Å². The molecule has 2 aromatic rings. The summed E-state index contributed by atoms with van der Waals surface area (Å²) >= 11 is 7.01. The Kier molecular flexibility index (Phi) is 5.28. The van der Waals surface area contributed by atoms with Crippen LogP contribution in [0.1, 0.15) is 36.5 Å². The topological polar surface area (TPSA) is 9.23 Å². The summed E-state index contributed by atoms with van der Waals surface area (Å²) in [5.74, 6) is 2.31. The van der Waals surface area contributed by atoms with Gasteiger partial charge in [-0.2, -0.15) is 0 Å². The summed E-state index contributed by atoms with van der Waals surface area (Å²) in [5, 5.41) is 0.776. The number of alkyl halides is 1. The molecule has 0 heterocycles. The number of hydrogen-bond donors (Lipinski definition) is 0. The Morgan fingerprint density at radius 3 is 2.45 bits per heavy atom. The van der Waals surface area contributed by atoms with Crippen molar-refractivity contribution >= 4 is 31.9 Å². The van der Waals surface area contributed by atoms with E-state index in [9.17, 15) is 0 Å². The van der Waals surface area contributed by atoms with Crippen LogP contribution in [0.5, 0.6) is 11.5 Å². The van der Waals surface area contributed by atoms with Crippen molar-refractivity contribution in [3.63, 3.8) is 0 Å². The second-order valence-corrected chi connectivity index (χ2v) is 6.64. The van der Waals surface area contributed by atoms with Crippen molar-refractivity contribution in [2.24, 2.45) is 0 Å². The van der Waals surface area contributed by atoms with Crippen LogP contribution in [0.3, 0.4) is 0 Å². The Morgan fingerprint density at radius 2 is 1.80 bits per heavy atom. The van der Waals surface area contributed by atoms with Crippen molar-refractivity contribution in [1.29, 1.82) is 0 Å². The van der Waals surface area contributed by atoms with Gasteiger partial charge in [-0.1, -0.05) is 63.9 Å². The van der Waals surface area contributed by atoms with E-state index in [1.165, 1.54) is 5.56 Å². The first-order chi connectivity index (χ1) is 9.51. The molecule has 0 aliphatic carbocycles. The van der Waals surface area contributed by atoms with E-state index in [-0.39, 0.29) is 0 Å². The normalized spacial score (nSPS) is 10.9. The SMILES string of the molecule is Cc1ccc(C(C)C)cc1Oc1cc(Br)ccc1CBr. The minimum atomic E-state index is 0.496. The van der Waals surface area contributed by atoms with Crippen LogP contribution in [0.15, 0.2) is 40.9 Å². The molecule has 0 spiro atoms. The Labute approximate surface area is 137 Å². The van der Waals surface area contributed by atoms with Gasteiger partial charge in [0.1, 0.15) is 11.5 Å². The molecule has 0 atom stereocenters. The number of halogens is 2. The van der Waals surface area contributed by atoms with Crippen LogP contribution in [0.25, 0.3) is 0 Å². The highest BCUT2D eigenvalue weighted by molar-refractivity contribution is 9.10. The molecule has 0 saturated carbocycles. The van der Waals surface area contributed by atoms with Gasteiger partial charge in [0.25, 0.3) is 0 Å². The molecule has 0 bridgehead atoms. The number of benzene rings is 2. The predicted octanol–water partition coefficient (Wildman–Crippen LogP) is 6.57. The summed E-state index contributed by atoms with van der Waals surface area (Å²) in [6.07, 6.45) is 0. The van der Waals surface area contributed by atoms with Crippen LogP contribution in [0, 0.1) is 6.92 Å². The predicted molar refractivity (Wildman–Crippen MR) is 92.1 cm³/mol. The van der Waals surface area contributed by atoms with E-state index in [1.54, 1.807) is 0 Å². The monoisotopic (exact) mass is 396 g/mol. The summed E-state index contributed by atoms with van der Waals surface area (Å²) < 4.78 is 7.17. The number of aryl methyl sites for hydroxylation is 1. The lowest BCUT2D eigenvalue weighted by molar-refractivity contribution is 0.473. The maximum Gasteiger partial charge on any atom is 0.132 e. The van der Waals surface area contributed by atoms with Crippen molar-refractivity contribution in [1.82, 2.24) is 0 Å². The molecule has 0 fully saturated rings. The zero-order valence-corrected chi connectivity index (χ0v) is 15.1. The fourth-order valence-corrected chi connectivity index (χ4v) is 2.74. The van der Waals surface area contributed by atoms with Crippen LogP contribution in [-0.4, -0.2) is 0 Å². The van der Waals surface area contributed by atoms with Gasteiger partial charge >= 0.3 is 0 Å². The average molecular weight is 398 g/mol. The second-order valence-electron chi connectivity index (χ2n) is 5.17. The molecule has 3 heteroatoms. The molecule has 0 aliphatic heterocycles. The van der Waals surface area contributed by atoms with E-state index in [1.807, 2.05) is 12.1 Å². The number of ether oxygens (including phenoxy) is 1. The third-order valence-electron chi connectivity index (χ3n) is 3.27. The van der Waals surface area contributed by atoms with Crippen molar-refractivity contribution in [3.8, 4) is 11.5 Å². The Balaban J connectivity index is 2.39. The zero-order valence-electron chi connectivity index (χ0n) is 11.9. The average Bonchev–Trinajstić information content (AvgIpc) is 2.41. The van der Waals surface area contributed by atoms with Crippen molar-refractivity contribution < 1.29 is 4.74 Å². The highest BCUT2D eigenvalue weighted by atomic mass is 79.9. The summed E-state index contributed by atoms with van der Waals surface area (Å²) in [7, 11) is 0. The summed E-state index contributed by atoms with van der Waals surface area (Å²) in [4.78, 5) is 0. The lowest BCUT2D eigenvalue weighted by Crippen LogP contribution is -1.94. The molecule has 0 aromatic heterocycles. The summed E-state index contributed by atoms with van der Waals surface area (Å²) in [6, 6.07) is 12.5. The molecule has 0 saturated heterocycles. The van der Waals surface area contributed by atoms with Crippen molar-refractivity contribution in [2.75, 3.05) is 0 Å². The molecule has 0 radical (unpaired) electrons. The fraction of sp³-hybridized carbons (Fsp3) is 0.294. The quantitative estimate of drug-likeness (QED) is 0.530. The van der Waals surface area contributed by atoms with E-state index in [2.05, 4.69) is 76.9 Å². The van der Waals surface area contributed by atoms with Gasteiger partial charge < -0.3 is 4.74 Å². The Morgan fingerprint density at radius 1 is 1.05 bits per heavy atom. The van der Waals surface area contributed by atoms with Crippen molar-refractivity contribution in [3.05, 3.63) is 57.6 Å². The summed E-state index contributed by atoms with van der Waals surface area (Å²) in [5.41, 5.74) is 3.58. The molecule has 20 heavy (non-hydrogen) atoms. The first-order valence-electron chi connectivity index (χ1n) is 6.64. The molecule has 2 rings (SSSR count). The molecule has 0 unspecified atom stereocenters. The molecule has 0 amide bonds. The minimum Gasteiger partial charge on any atom is -0.457 e. The maximum atomic E-state index is 6.14. The lowest BCUT2D eigenvalue weighted by atomic mass is 10.0. The van der Waals surface area contributed by atoms with Crippen LogP contribution in [-0.2, 0) is 5.33 Å². The Bertz CT molecular complexity index is 606. The number of hydrogen-bond acceptors (Lipinski definition) is 1. The lowest BCUT2D eigenvalue weighted by Gasteiger charge is -2.14. The molecule has 2 aromatic carbocycles. The van der Waals surface area contributed by atoms with E-state index in [0.29, 0.717) is 5.92 Å². The van der Waals surface area contributed by atoms with Gasteiger partial charge in [0, 0.05) is 15.4 Å². The first-order valence-corrected chi connectivity index (χ1v) is 8.55. The highest BCUT2D eigenvalue weighted by Gasteiger charge is 2.09. The van der Waals surface area contributed by atoms with E-state index >= 15 is 0 Å². The molecular weight excluding hydrogens is 380 g/mol. The number of rotatable bonds is 4. The smallest absolute Gasteiger partial charge is 0.132 e. The van der Waals surface area contributed by atoms with Crippen molar-refractivity contribution in [2.45, 2.75) is 32.0 Å². The van der Waals surface area contributed by atoms with Gasteiger partial charge in [0.15, 0.2) is 0 Å². The highest BCUT2D eigenvalue weighted by Crippen LogP contribution is 2.33. The van der Waals surface area contributed by atoms with Gasteiger partial charge in [0.05, 0.1) is 0 Å². The van der Waals surface area contributed by atoms with Gasteiger partial charge in [-0.15, -0.1) is 0 Å². The summed E-state index contributed by atoms with van der Waals surface area (Å²) in [6.45, 7) is 6.46. The second kappa shape index (κ2) is 6.77. The zero-order chi connectivity index (χ0) is 14.7. The first kappa shape index (κ1) is 15.6. The van der Waals surface area contributed by atoms with Crippen LogP contribution in [0.2, 0.25) is 0 Å². The van der Waals surface area contributed by atoms with E-state index < -0.39 is 0 Å². The fourth-order valence-electron chi connectivity index (χ4n) is 1.94. The molecule has 1 nitrogen and oxygen atoms in total. The molecular formula is C17H18Br2O. The van der Waals surface area contributed by atoms with Gasteiger partial charge in [0.2, 0.25) is 0 Å². The third kappa shape index (κ3) is 3.64. The molecule has 106 valence electrons. The van der Waals surface area contributed by atoms with Crippen LogP contribution < -0.4 is 4.74 Å². The van der Waals surface area contributed by atoms with Gasteiger partial charge in [-0.3, -0.25) is 0 Å².